The molecule has 3 atom stereocenters. The summed E-state index contributed by atoms with van der Waals surface area (Å²) < 4.78 is 27.5. The van der Waals surface area contributed by atoms with E-state index in [9.17, 15) is 18.3 Å². The van der Waals surface area contributed by atoms with Crippen molar-refractivity contribution in [2.75, 3.05) is 0 Å². The number of quaternary nitrogens is 1. The Morgan fingerprint density at radius 2 is 1.56 bits per heavy atom. The summed E-state index contributed by atoms with van der Waals surface area (Å²) in [5.41, 5.74) is 3.76. The van der Waals surface area contributed by atoms with E-state index in [1.54, 1.807) is 6.20 Å². The lowest BCUT2D eigenvalue weighted by atomic mass is 9.92. The third-order valence-corrected chi connectivity index (χ3v) is 8.41. The number of rotatable bonds is 5. The molecule has 1 heterocycles. The van der Waals surface area contributed by atoms with Gasteiger partial charge < -0.3 is 10.4 Å². The van der Waals surface area contributed by atoms with Gasteiger partial charge in [-0.1, -0.05) is 55.3 Å². The predicted molar refractivity (Wildman–Crippen MR) is 130 cm³/mol. The van der Waals surface area contributed by atoms with E-state index < -0.39 is 16.1 Å². The molecular formula is C27H27N2O4S+. The van der Waals surface area contributed by atoms with Gasteiger partial charge in [0.05, 0.1) is 17.7 Å². The van der Waals surface area contributed by atoms with Gasteiger partial charge in [0.25, 0.3) is 5.91 Å². The van der Waals surface area contributed by atoms with Crippen molar-refractivity contribution in [3.05, 3.63) is 102 Å². The Kier molecular flexibility index (Phi) is 6.08. The van der Waals surface area contributed by atoms with Gasteiger partial charge in [-0.25, -0.2) is 0 Å². The van der Waals surface area contributed by atoms with E-state index in [2.05, 4.69) is 5.32 Å². The fourth-order valence-corrected chi connectivity index (χ4v) is 6.23. The van der Waals surface area contributed by atoms with Crippen molar-refractivity contribution >= 4 is 27.2 Å². The van der Waals surface area contributed by atoms with Crippen molar-refractivity contribution in [2.24, 2.45) is 0 Å². The molecule has 1 fully saturated rings. The summed E-state index contributed by atoms with van der Waals surface area (Å²) in [7, 11) is -3.80. The highest BCUT2D eigenvalue weighted by molar-refractivity contribution is 7.85. The molecule has 0 radical (unpaired) electrons. The van der Waals surface area contributed by atoms with Gasteiger partial charge in [-0.3, -0.25) is 4.79 Å². The van der Waals surface area contributed by atoms with Gasteiger partial charge in [-0.05, 0) is 48.7 Å². The highest BCUT2D eigenvalue weighted by atomic mass is 32.2. The average molecular weight is 476 g/mol. The first-order valence-corrected chi connectivity index (χ1v) is 13.0. The third-order valence-electron chi connectivity index (χ3n) is 6.61. The first kappa shape index (κ1) is 22.5. The second kappa shape index (κ2) is 9.18. The molecule has 1 aliphatic carbocycles. The Balaban J connectivity index is 1.42. The molecule has 3 N–H and O–H groups in total. The van der Waals surface area contributed by atoms with Crippen LogP contribution in [-0.4, -0.2) is 31.6 Å². The number of hydrogen-bond acceptors (Lipinski definition) is 4. The summed E-state index contributed by atoms with van der Waals surface area (Å²) in [6.07, 6.45) is 4.55. The molecule has 174 valence electrons. The summed E-state index contributed by atoms with van der Waals surface area (Å²) in [6.45, 7) is 0. The Labute approximate surface area is 199 Å². The summed E-state index contributed by atoms with van der Waals surface area (Å²) in [5, 5.41) is 13.0. The summed E-state index contributed by atoms with van der Waals surface area (Å²) >= 11 is 0. The molecule has 1 amide bonds. The molecule has 0 bridgehead atoms. The number of hydrogen-bond donors (Lipinski definition) is 3. The van der Waals surface area contributed by atoms with Crippen LogP contribution in [0, 0.1) is 0 Å². The molecular weight excluding hydrogens is 448 g/mol. The van der Waals surface area contributed by atoms with Crippen LogP contribution in [0.15, 0.2) is 90.0 Å². The monoisotopic (exact) mass is 475 g/mol. The highest BCUT2D eigenvalue weighted by Gasteiger charge is 2.37. The second-order valence-electron chi connectivity index (χ2n) is 8.79. The number of amides is 1. The number of carbonyl (C=O) groups is 1. The minimum absolute atomic E-state index is 0.136. The Morgan fingerprint density at radius 3 is 2.29 bits per heavy atom. The maximum absolute atomic E-state index is 13.6. The minimum atomic E-state index is -3.80. The zero-order valence-electron chi connectivity index (χ0n) is 18.6. The van der Waals surface area contributed by atoms with Crippen LogP contribution in [0.4, 0.5) is 5.69 Å². The van der Waals surface area contributed by atoms with Gasteiger partial charge >= 0.3 is 10.0 Å². The predicted octanol–water partition coefficient (Wildman–Crippen LogP) is 3.03. The van der Waals surface area contributed by atoms with Crippen molar-refractivity contribution in [2.45, 2.75) is 42.7 Å². The lowest BCUT2D eigenvalue weighted by Gasteiger charge is -2.28. The van der Waals surface area contributed by atoms with E-state index in [1.807, 2.05) is 54.6 Å². The first-order chi connectivity index (χ1) is 16.4. The lowest BCUT2D eigenvalue weighted by molar-refractivity contribution is -0.620. The van der Waals surface area contributed by atoms with E-state index in [0.717, 1.165) is 36.0 Å². The number of fused-ring (bicyclic) bond motifs is 1. The highest BCUT2D eigenvalue weighted by Crippen LogP contribution is 2.31. The fourth-order valence-electron chi connectivity index (χ4n) is 4.74. The minimum Gasteiger partial charge on any atom is -0.391 e. The van der Waals surface area contributed by atoms with Crippen LogP contribution >= 0.6 is 0 Å². The smallest absolute Gasteiger partial charge is 0.334 e. The standard InChI is InChI=1S/C27H26N2O4S/c30-26-13-7-5-11-24(26)28-27(31)20-14-16-21(17-15-20)34(32,33)29-18-23(19-8-2-1-3-9-19)22-10-4-6-12-25(22)29/h1-4,6,8-10,12,14-18,24,26,30H,5,7,11,13H2,(H,28,31)/p+1/t24-,26+/m1/s1. The number of benzene rings is 3. The zero-order valence-corrected chi connectivity index (χ0v) is 19.5. The molecule has 7 heteroatoms. The fraction of sp³-hybridized carbons (Fsp3) is 0.222. The van der Waals surface area contributed by atoms with Crippen LogP contribution in [0.1, 0.15) is 47.2 Å². The molecule has 1 saturated carbocycles. The molecule has 0 saturated heterocycles. The van der Waals surface area contributed by atoms with E-state index in [1.165, 1.54) is 24.3 Å². The van der Waals surface area contributed by atoms with Gasteiger partial charge in [0, 0.05) is 17.2 Å². The number of nitrogens with one attached hydrogen (secondary N) is 2. The summed E-state index contributed by atoms with van der Waals surface area (Å²) in [6, 6.07) is 23.0. The molecule has 6 nitrogen and oxygen atoms in total. The maximum atomic E-state index is 13.6. The van der Waals surface area contributed by atoms with E-state index in [-0.39, 0.29) is 21.1 Å². The number of carbonyl (C=O) groups excluding carboxylic acids is 1. The number of aliphatic hydroxyl groups excluding tert-OH is 1. The molecule has 1 aliphatic heterocycles. The largest absolute Gasteiger partial charge is 0.391 e. The second-order valence-corrected chi connectivity index (χ2v) is 10.7. The summed E-state index contributed by atoms with van der Waals surface area (Å²) in [4.78, 5) is 12.8. The van der Waals surface area contributed by atoms with Gasteiger partial charge in [0.1, 0.15) is 11.1 Å². The zero-order chi connectivity index (χ0) is 23.7. The van der Waals surface area contributed by atoms with Crippen LogP contribution in [0.5, 0.6) is 0 Å². The quantitative estimate of drug-likeness (QED) is 0.529. The molecule has 3 aromatic carbocycles. The van der Waals surface area contributed by atoms with Gasteiger partial charge in [0.15, 0.2) is 5.69 Å². The topological polar surface area (TPSA) is 87.9 Å². The average Bonchev–Trinajstić information content (AvgIpc) is 3.27. The third kappa shape index (κ3) is 4.18. The Hall–Kier alpha value is -3.26. The number of sulfonamides is 1. The molecule has 5 rings (SSSR count). The van der Waals surface area contributed by atoms with Crippen LogP contribution in [-0.2, 0) is 10.0 Å². The Morgan fingerprint density at radius 1 is 0.882 bits per heavy atom. The number of aliphatic hydroxyl groups is 1. The van der Waals surface area contributed by atoms with E-state index >= 15 is 0 Å². The number of para-hydroxylation sites is 1. The van der Waals surface area contributed by atoms with Crippen LogP contribution in [0.3, 0.4) is 0 Å². The first-order valence-electron chi connectivity index (χ1n) is 11.5. The lowest BCUT2D eigenvalue weighted by Crippen LogP contribution is -3.03. The van der Waals surface area contributed by atoms with E-state index in [4.69, 9.17) is 0 Å². The van der Waals surface area contributed by atoms with Crippen molar-refractivity contribution in [3.63, 3.8) is 0 Å². The van der Waals surface area contributed by atoms with Gasteiger partial charge in [0.2, 0.25) is 0 Å². The van der Waals surface area contributed by atoms with Crippen molar-refractivity contribution in [3.8, 4) is 0 Å². The Bertz CT molecular complexity index is 1330. The molecule has 0 spiro atoms. The molecule has 0 aromatic heterocycles. The molecule has 3 aromatic rings. The van der Waals surface area contributed by atoms with Crippen LogP contribution in [0.25, 0.3) is 5.57 Å². The van der Waals surface area contributed by atoms with E-state index in [0.29, 0.717) is 17.7 Å². The van der Waals surface area contributed by atoms with Crippen LogP contribution < -0.4 is 9.62 Å². The van der Waals surface area contributed by atoms with Crippen LogP contribution in [0.2, 0.25) is 0 Å². The van der Waals surface area contributed by atoms with Gasteiger partial charge in [-0.2, -0.15) is 12.7 Å². The van der Waals surface area contributed by atoms with Gasteiger partial charge in [-0.15, -0.1) is 0 Å². The molecule has 1 unspecified atom stereocenters. The normalized spacial score (nSPS) is 22.0. The van der Waals surface area contributed by atoms with Crippen molar-refractivity contribution < 1.29 is 22.6 Å². The van der Waals surface area contributed by atoms with Crippen molar-refractivity contribution in [1.82, 2.24) is 5.32 Å². The molecule has 34 heavy (non-hydrogen) atoms. The summed E-state index contributed by atoms with van der Waals surface area (Å²) in [5.74, 6) is -0.306. The van der Waals surface area contributed by atoms with Crippen molar-refractivity contribution in [1.29, 1.82) is 0 Å². The SMILES string of the molecule is O=C(N[C@@H]1CCCC[C@@H]1O)c1ccc(S(=O)(=O)[NH+]2C=C(c3ccccc3)c3ccccc32)cc1. The molecule has 2 aliphatic rings. The maximum Gasteiger partial charge on any atom is 0.334 e.